The maximum absolute atomic E-state index is 9.71. The van der Waals surface area contributed by atoms with Crippen molar-refractivity contribution in [2.45, 2.75) is 52.4 Å². The van der Waals surface area contributed by atoms with E-state index in [1.54, 1.807) is 0 Å². The summed E-state index contributed by atoms with van der Waals surface area (Å²) < 4.78 is 4.57. The third-order valence-corrected chi connectivity index (χ3v) is 11.1. The third kappa shape index (κ3) is 6.08. The predicted octanol–water partition coefficient (Wildman–Crippen LogP) is 13.8. The Morgan fingerprint density at radius 1 is 0.526 bits per heavy atom. The molecular formula is C51H42N6. The highest BCUT2D eigenvalue weighted by Gasteiger charge is 2.24. The topological polar surface area (TPSA) is 54.1 Å². The van der Waals surface area contributed by atoms with E-state index >= 15 is 0 Å². The number of hydrogen-bond donors (Lipinski definition) is 0. The van der Waals surface area contributed by atoms with Gasteiger partial charge in [0.05, 0.1) is 46.0 Å². The van der Waals surface area contributed by atoms with Crippen LogP contribution >= 0.6 is 0 Å². The minimum atomic E-state index is -0.0312. The maximum Gasteiger partial charge on any atom is 0.187 e. The lowest BCUT2D eigenvalue weighted by Crippen LogP contribution is -2.13. The predicted molar refractivity (Wildman–Crippen MR) is 236 cm³/mol. The first-order valence-corrected chi connectivity index (χ1v) is 19.3. The molecule has 0 N–H and O–H groups in total. The van der Waals surface area contributed by atoms with Gasteiger partial charge in [-0.25, -0.2) is 9.83 Å². The second-order valence-corrected chi connectivity index (χ2v) is 16.8. The lowest BCUT2D eigenvalue weighted by molar-refractivity contribution is 0.590. The summed E-state index contributed by atoms with van der Waals surface area (Å²) >= 11 is 0. The molecule has 9 aromatic rings. The number of aromatic nitrogens is 3. The van der Waals surface area contributed by atoms with Gasteiger partial charge in [0.1, 0.15) is 11.6 Å². The minimum absolute atomic E-state index is 0.0312. The van der Waals surface area contributed by atoms with E-state index in [9.17, 15) is 5.26 Å². The standard InChI is InChI=1S/C51H42N6/c1-50(2,3)34-18-26-46-42(28-34)43-29-35(51(4,5)6)19-27-47(43)57(46)49-31-39(55(37-22-16-33(32-52)17-23-37)38-24-20-36(53-7)21-25-38)30-48(54-49)56-44-14-10-8-12-40(44)41-13-9-11-15-45(41)56/h8-31H,1-6H3. The smallest absolute Gasteiger partial charge is 0.187 e. The summed E-state index contributed by atoms with van der Waals surface area (Å²) in [5, 5.41) is 14.4. The van der Waals surface area contributed by atoms with E-state index in [1.165, 1.54) is 21.9 Å². The molecular weight excluding hydrogens is 697 g/mol. The van der Waals surface area contributed by atoms with Gasteiger partial charge in [0, 0.05) is 45.1 Å². The van der Waals surface area contributed by atoms with Crippen LogP contribution in [0.5, 0.6) is 0 Å². The average molecular weight is 739 g/mol. The van der Waals surface area contributed by atoms with Crippen LogP contribution in [0.4, 0.5) is 22.7 Å². The average Bonchev–Trinajstić information content (AvgIpc) is 3.73. The summed E-state index contributed by atoms with van der Waals surface area (Å²) in [5.41, 5.74) is 10.5. The van der Waals surface area contributed by atoms with E-state index in [-0.39, 0.29) is 10.8 Å². The van der Waals surface area contributed by atoms with Crippen LogP contribution in [-0.2, 0) is 10.8 Å². The molecule has 0 unspecified atom stereocenters. The van der Waals surface area contributed by atoms with Crippen molar-refractivity contribution in [3.8, 4) is 17.7 Å². The fourth-order valence-electron chi connectivity index (χ4n) is 8.03. The molecule has 0 aliphatic rings. The Morgan fingerprint density at radius 3 is 1.40 bits per heavy atom. The van der Waals surface area contributed by atoms with Crippen LogP contribution in [0.15, 0.2) is 146 Å². The van der Waals surface area contributed by atoms with Crippen LogP contribution in [0.2, 0.25) is 0 Å². The first-order valence-electron chi connectivity index (χ1n) is 19.3. The largest absolute Gasteiger partial charge is 0.310 e. The molecule has 57 heavy (non-hydrogen) atoms. The number of rotatable bonds is 5. The third-order valence-electron chi connectivity index (χ3n) is 11.1. The van der Waals surface area contributed by atoms with Crippen molar-refractivity contribution < 1.29 is 0 Å². The van der Waals surface area contributed by atoms with Gasteiger partial charge in [-0.15, -0.1) is 0 Å². The normalized spacial score (nSPS) is 12.0. The van der Waals surface area contributed by atoms with Crippen molar-refractivity contribution in [2.75, 3.05) is 4.90 Å². The summed E-state index contributed by atoms with van der Waals surface area (Å²) in [5.74, 6) is 1.54. The van der Waals surface area contributed by atoms with Crippen molar-refractivity contribution in [1.82, 2.24) is 14.1 Å². The quantitative estimate of drug-likeness (QED) is 0.165. The van der Waals surface area contributed by atoms with Crippen LogP contribution in [-0.4, -0.2) is 14.1 Å². The molecule has 0 aliphatic carbocycles. The van der Waals surface area contributed by atoms with Gasteiger partial charge in [-0.3, -0.25) is 9.13 Å². The number of nitriles is 1. The summed E-state index contributed by atoms with van der Waals surface area (Å²) in [4.78, 5) is 11.5. The molecule has 0 fully saturated rings. The fraction of sp³-hybridized carbons (Fsp3) is 0.157. The van der Waals surface area contributed by atoms with Crippen LogP contribution in [0.25, 0.3) is 60.1 Å². The molecule has 0 bridgehead atoms. The Hall–Kier alpha value is -7.15. The van der Waals surface area contributed by atoms with Crippen molar-refractivity contribution in [3.63, 3.8) is 0 Å². The lowest BCUT2D eigenvalue weighted by Gasteiger charge is -2.27. The SMILES string of the molecule is [C-]#[N+]c1ccc(N(c2ccc(C#N)cc2)c2cc(-n3c4ccccc4c4ccccc43)nc(-n3c4ccc(C(C)(C)C)cc4c4cc(C(C)(C)C)ccc43)c2)cc1. The number of para-hydroxylation sites is 2. The van der Waals surface area contributed by atoms with Crippen LogP contribution in [0.1, 0.15) is 58.2 Å². The minimum Gasteiger partial charge on any atom is -0.310 e. The first-order chi connectivity index (χ1) is 27.4. The molecule has 0 amide bonds. The van der Waals surface area contributed by atoms with E-state index in [4.69, 9.17) is 11.6 Å². The molecule has 276 valence electrons. The Balaban J connectivity index is 1.41. The number of fused-ring (bicyclic) bond motifs is 6. The number of benzene rings is 6. The maximum atomic E-state index is 9.71. The fourth-order valence-corrected chi connectivity index (χ4v) is 8.03. The van der Waals surface area contributed by atoms with E-state index in [2.05, 4.69) is 164 Å². The molecule has 0 spiro atoms. The van der Waals surface area contributed by atoms with E-state index in [0.717, 1.165) is 61.5 Å². The van der Waals surface area contributed by atoms with Gasteiger partial charge in [0.25, 0.3) is 0 Å². The molecule has 3 aromatic heterocycles. The molecule has 0 aliphatic heterocycles. The van der Waals surface area contributed by atoms with E-state index in [1.807, 2.05) is 48.5 Å². The Kier molecular flexibility index (Phi) is 8.27. The van der Waals surface area contributed by atoms with Gasteiger partial charge in [0.15, 0.2) is 5.69 Å². The lowest BCUT2D eigenvalue weighted by atomic mass is 9.85. The van der Waals surface area contributed by atoms with Gasteiger partial charge in [-0.05, 0) is 94.8 Å². The Bertz CT molecular complexity index is 2920. The molecule has 0 radical (unpaired) electrons. The zero-order chi connectivity index (χ0) is 39.6. The van der Waals surface area contributed by atoms with Crippen LogP contribution in [0, 0.1) is 17.9 Å². The number of hydrogen-bond acceptors (Lipinski definition) is 3. The van der Waals surface area contributed by atoms with Crippen LogP contribution in [0.3, 0.4) is 0 Å². The molecule has 6 nitrogen and oxygen atoms in total. The monoisotopic (exact) mass is 738 g/mol. The van der Waals surface area contributed by atoms with Gasteiger partial charge in [-0.2, -0.15) is 5.26 Å². The number of nitrogens with zero attached hydrogens (tertiary/aromatic N) is 6. The molecule has 3 heterocycles. The summed E-state index contributed by atoms with van der Waals surface area (Å²) in [7, 11) is 0. The highest BCUT2D eigenvalue weighted by molar-refractivity contribution is 6.11. The highest BCUT2D eigenvalue weighted by Crippen LogP contribution is 2.42. The zero-order valence-electron chi connectivity index (χ0n) is 33.0. The van der Waals surface area contributed by atoms with Gasteiger partial charge >= 0.3 is 0 Å². The second kappa shape index (κ2) is 13.3. The second-order valence-electron chi connectivity index (χ2n) is 16.8. The molecule has 0 saturated carbocycles. The van der Waals surface area contributed by atoms with Gasteiger partial charge < -0.3 is 4.90 Å². The van der Waals surface area contributed by atoms with E-state index < -0.39 is 0 Å². The molecule has 9 rings (SSSR count). The molecule has 0 saturated heterocycles. The van der Waals surface area contributed by atoms with Crippen molar-refractivity contribution in [3.05, 3.63) is 174 Å². The van der Waals surface area contributed by atoms with Gasteiger partial charge in [-0.1, -0.05) is 102 Å². The molecule has 6 aromatic carbocycles. The van der Waals surface area contributed by atoms with Gasteiger partial charge in [0.2, 0.25) is 0 Å². The summed E-state index contributed by atoms with van der Waals surface area (Å²) in [6.45, 7) is 21.2. The zero-order valence-corrected chi connectivity index (χ0v) is 33.0. The van der Waals surface area contributed by atoms with Crippen molar-refractivity contribution in [1.29, 1.82) is 5.26 Å². The molecule has 6 heteroatoms. The Morgan fingerprint density at radius 2 is 0.965 bits per heavy atom. The highest BCUT2D eigenvalue weighted by atomic mass is 15.2. The van der Waals surface area contributed by atoms with Crippen molar-refractivity contribution in [2.24, 2.45) is 0 Å². The van der Waals surface area contributed by atoms with E-state index in [0.29, 0.717) is 11.3 Å². The Labute approximate surface area is 333 Å². The summed E-state index contributed by atoms with van der Waals surface area (Å²) in [6.07, 6.45) is 0. The summed E-state index contributed by atoms with van der Waals surface area (Å²) in [6, 6.07) is 52.6. The number of anilines is 3. The number of pyridine rings is 1. The first kappa shape index (κ1) is 35.5. The van der Waals surface area contributed by atoms with Crippen LogP contribution < -0.4 is 4.90 Å². The molecule has 0 atom stereocenters. The van der Waals surface area contributed by atoms with Crippen molar-refractivity contribution >= 4 is 66.4 Å².